The van der Waals surface area contributed by atoms with Crippen LogP contribution in [0, 0.1) is 5.92 Å². The molecule has 2 aromatic carbocycles. The zero-order valence-electron chi connectivity index (χ0n) is 14.2. The number of carbonyl (C=O) groups excluding carboxylic acids is 1. The molecule has 3 unspecified atom stereocenters. The maximum absolute atomic E-state index is 12.4. The van der Waals surface area contributed by atoms with E-state index in [4.69, 9.17) is 5.73 Å². The summed E-state index contributed by atoms with van der Waals surface area (Å²) >= 11 is 0. The van der Waals surface area contributed by atoms with Crippen LogP contribution in [-0.2, 0) is 4.79 Å². The van der Waals surface area contributed by atoms with Gasteiger partial charge in [-0.25, -0.2) is 0 Å². The summed E-state index contributed by atoms with van der Waals surface area (Å²) in [5, 5.41) is 3.15. The van der Waals surface area contributed by atoms with Gasteiger partial charge in [-0.15, -0.1) is 0 Å². The molecule has 0 heterocycles. The van der Waals surface area contributed by atoms with Gasteiger partial charge in [0.25, 0.3) is 0 Å². The predicted molar refractivity (Wildman–Crippen MR) is 98.4 cm³/mol. The zero-order valence-corrected chi connectivity index (χ0v) is 14.2. The molecule has 126 valence electrons. The van der Waals surface area contributed by atoms with E-state index in [1.165, 1.54) is 11.1 Å². The molecular weight excluding hydrogens is 296 g/mol. The third-order valence-electron chi connectivity index (χ3n) is 4.96. The molecule has 1 fully saturated rings. The van der Waals surface area contributed by atoms with E-state index in [1.54, 1.807) is 0 Å². The van der Waals surface area contributed by atoms with E-state index in [0.717, 1.165) is 31.2 Å². The van der Waals surface area contributed by atoms with Crippen LogP contribution in [0.1, 0.15) is 44.2 Å². The van der Waals surface area contributed by atoms with E-state index in [2.05, 4.69) is 41.7 Å². The van der Waals surface area contributed by atoms with E-state index in [1.807, 2.05) is 25.1 Å². The summed E-state index contributed by atoms with van der Waals surface area (Å²) in [7, 11) is 0. The van der Waals surface area contributed by atoms with E-state index in [9.17, 15) is 4.79 Å². The largest absolute Gasteiger partial charge is 0.349 e. The zero-order chi connectivity index (χ0) is 16.9. The Morgan fingerprint density at radius 1 is 1.04 bits per heavy atom. The van der Waals surface area contributed by atoms with Gasteiger partial charge in [-0.3, -0.25) is 4.79 Å². The smallest absolute Gasteiger partial charge is 0.223 e. The molecule has 1 aliphatic rings. The molecule has 3 nitrogen and oxygen atoms in total. The fourth-order valence-corrected chi connectivity index (χ4v) is 3.48. The van der Waals surface area contributed by atoms with Crippen molar-refractivity contribution in [2.75, 3.05) is 0 Å². The predicted octanol–water partition coefficient (Wildman–Crippen LogP) is 4.05. The molecule has 24 heavy (non-hydrogen) atoms. The van der Waals surface area contributed by atoms with Crippen LogP contribution in [-0.4, -0.2) is 11.9 Å². The van der Waals surface area contributed by atoms with Crippen LogP contribution in [0.15, 0.2) is 54.6 Å². The fourth-order valence-electron chi connectivity index (χ4n) is 3.48. The number of carbonyl (C=O) groups is 1. The summed E-state index contributed by atoms with van der Waals surface area (Å²) in [5.74, 6) is 0.213. The molecule has 1 aliphatic carbocycles. The van der Waals surface area contributed by atoms with Crippen LogP contribution in [0.4, 0.5) is 0 Å². The Kier molecular flexibility index (Phi) is 5.31. The van der Waals surface area contributed by atoms with Crippen molar-refractivity contribution in [2.24, 2.45) is 11.7 Å². The molecule has 0 spiro atoms. The van der Waals surface area contributed by atoms with Crippen LogP contribution in [0.5, 0.6) is 0 Å². The lowest BCUT2D eigenvalue weighted by atomic mass is 9.85. The second kappa shape index (κ2) is 7.63. The first-order valence-corrected chi connectivity index (χ1v) is 8.85. The van der Waals surface area contributed by atoms with Gasteiger partial charge in [-0.05, 0) is 42.9 Å². The number of nitrogens with two attached hydrogens (primary N) is 1. The van der Waals surface area contributed by atoms with E-state index in [0.29, 0.717) is 0 Å². The number of hydrogen-bond acceptors (Lipinski definition) is 2. The average Bonchev–Trinajstić information content (AvgIpc) is 2.62. The lowest BCUT2D eigenvalue weighted by molar-refractivity contribution is -0.126. The minimum Gasteiger partial charge on any atom is -0.349 e. The van der Waals surface area contributed by atoms with Crippen LogP contribution < -0.4 is 11.1 Å². The second-order valence-corrected chi connectivity index (χ2v) is 6.84. The topological polar surface area (TPSA) is 55.1 Å². The maximum atomic E-state index is 12.4. The molecule has 3 atom stereocenters. The number of rotatable bonds is 4. The van der Waals surface area contributed by atoms with Gasteiger partial charge >= 0.3 is 0 Å². The van der Waals surface area contributed by atoms with Gasteiger partial charge in [0, 0.05) is 12.0 Å². The Morgan fingerprint density at radius 3 is 2.38 bits per heavy atom. The van der Waals surface area contributed by atoms with Crippen molar-refractivity contribution >= 4 is 5.91 Å². The Labute approximate surface area is 144 Å². The lowest BCUT2D eigenvalue weighted by Gasteiger charge is -2.27. The first kappa shape index (κ1) is 16.7. The number of hydrogen-bond donors (Lipinski definition) is 2. The minimum atomic E-state index is 0.0143. The van der Waals surface area contributed by atoms with Crippen molar-refractivity contribution in [3.63, 3.8) is 0 Å². The normalized spacial score (nSPS) is 21.9. The molecule has 2 aromatic rings. The molecule has 0 radical (unpaired) electrons. The molecule has 3 rings (SSSR count). The minimum absolute atomic E-state index is 0.0143. The third kappa shape index (κ3) is 4.04. The Hall–Kier alpha value is -2.13. The maximum Gasteiger partial charge on any atom is 0.223 e. The molecule has 1 saturated carbocycles. The molecule has 0 aliphatic heterocycles. The van der Waals surface area contributed by atoms with E-state index < -0.39 is 0 Å². The summed E-state index contributed by atoms with van der Waals surface area (Å²) in [6, 6.07) is 18.9. The summed E-state index contributed by atoms with van der Waals surface area (Å²) in [5.41, 5.74) is 9.52. The quantitative estimate of drug-likeness (QED) is 0.892. The molecule has 3 heteroatoms. The van der Waals surface area contributed by atoms with Crippen molar-refractivity contribution in [1.82, 2.24) is 5.32 Å². The van der Waals surface area contributed by atoms with Crippen molar-refractivity contribution < 1.29 is 4.79 Å². The van der Waals surface area contributed by atoms with Gasteiger partial charge in [0.15, 0.2) is 0 Å². The van der Waals surface area contributed by atoms with Crippen molar-refractivity contribution in [2.45, 2.75) is 44.7 Å². The third-order valence-corrected chi connectivity index (χ3v) is 4.96. The van der Waals surface area contributed by atoms with Gasteiger partial charge in [0.2, 0.25) is 5.91 Å². The fraction of sp³-hybridized carbons (Fsp3) is 0.381. The van der Waals surface area contributed by atoms with Crippen LogP contribution in [0.25, 0.3) is 11.1 Å². The van der Waals surface area contributed by atoms with Gasteiger partial charge in [-0.2, -0.15) is 0 Å². The molecule has 1 amide bonds. The molecule has 3 N–H and O–H groups in total. The molecule has 0 aromatic heterocycles. The van der Waals surface area contributed by atoms with Crippen LogP contribution in [0.3, 0.4) is 0 Å². The monoisotopic (exact) mass is 322 g/mol. The van der Waals surface area contributed by atoms with Crippen LogP contribution in [0.2, 0.25) is 0 Å². The Balaban J connectivity index is 1.62. The summed E-state index contributed by atoms with van der Waals surface area (Å²) in [6.45, 7) is 2.04. The standard InChI is InChI=1S/C21H26N2O/c1-15(23-21(24)19-8-5-9-20(22)14-19)16-10-12-18(13-11-16)17-6-3-2-4-7-17/h2-4,6-7,10-13,15,19-20H,5,8-9,14,22H2,1H3,(H,23,24). The highest BCUT2D eigenvalue weighted by atomic mass is 16.1. The lowest BCUT2D eigenvalue weighted by Crippen LogP contribution is -2.38. The average molecular weight is 322 g/mol. The van der Waals surface area contributed by atoms with Gasteiger partial charge in [0.1, 0.15) is 0 Å². The number of nitrogens with one attached hydrogen (secondary N) is 1. The highest BCUT2D eigenvalue weighted by Gasteiger charge is 2.26. The molecule has 0 saturated heterocycles. The first-order chi connectivity index (χ1) is 11.6. The molecule has 0 bridgehead atoms. The van der Waals surface area contributed by atoms with Gasteiger partial charge < -0.3 is 11.1 Å². The number of amides is 1. The summed E-state index contributed by atoms with van der Waals surface area (Å²) < 4.78 is 0. The van der Waals surface area contributed by atoms with E-state index in [-0.39, 0.29) is 23.9 Å². The van der Waals surface area contributed by atoms with E-state index >= 15 is 0 Å². The van der Waals surface area contributed by atoms with Gasteiger partial charge in [0.05, 0.1) is 6.04 Å². The molecular formula is C21H26N2O. The Morgan fingerprint density at radius 2 is 1.71 bits per heavy atom. The summed E-state index contributed by atoms with van der Waals surface area (Å²) in [6.07, 6.45) is 3.87. The first-order valence-electron chi connectivity index (χ1n) is 8.85. The SMILES string of the molecule is CC(NC(=O)C1CCCC(N)C1)c1ccc(-c2ccccc2)cc1. The van der Waals surface area contributed by atoms with Crippen molar-refractivity contribution in [3.05, 3.63) is 60.2 Å². The van der Waals surface area contributed by atoms with Crippen molar-refractivity contribution in [1.29, 1.82) is 0 Å². The van der Waals surface area contributed by atoms with Gasteiger partial charge in [-0.1, -0.05) is 61.0 Å². The second-order valence-electron chi connectivity index (χ2n) is 6.84. The summed E-state index contributed by atoms with van der Waals surface area (Å²) in [4.78, 5) is 12.4. The Bertz CT molecular complexity index is 666. The van der Waals surface area contributed by atoms with Crippen LogP contribution >= 0.6 is 0 Å². The number of benzene rings is 2. The highest BCUT2D eigenvalue weighted by molar-refractivity contribution is 5.79. The highest BCUT2D eigenvalue weighted by Crippen LogP contribution is 2.25. The van der Waals surface area contributed by atoms with Crippen molar-refractivity contribution in [3.8, 4) is 11.1 Å².